The molecule has 0 aliphatic heterocycles. The third-order valence-electron chi connectivity index (χ3n) is 1.02. The second kappa shape index (κ2) is 5.94. The van der Waals surface area contributed by atoms with E-state index in [1.165, 1.54) is 0 Å². The molecule has 0 fully saturated rings. The average molecular weight is 183 g/mol. The fourth-order valence-electron chi connectivity index (χ4n) is 0.421. The lowest BCUT2D eigenvalue weighted by molar-refractivity contribution is -0.138. The lowest BCUT2D eigenvalue weighted by Crippen LogP contribution is -2.31. The molecular formula is C5H11ClN2O3. The highest BCUT2D eigenvalue weighted by Gasteiger charge is 2.11. The maximum Gasteiger partial charge on any atom is 0.320 e. The van der Waals surface area contributed by atoms with Gasteiger partial charge in [0.1, 0.15) is 6.04 Å². The van der Waals surface area contributed by atoms with E-state index in [0.717, 1.165) is 0 Å². The number of carboxylic acid groups (broad SMARTS) is 1. The molecule has 1 unspecified atom stereocenters. The Labute approximate surface area is 70.1 Å². The van der Waals surface area contributed by atoms with Gasteiger partial charge in [-0.25, -0.2) is 0 Å². The van der Waals surface area contributed by atoms with Gasteiger partial charge in [-0.15, -0.1) is 12.4 Å². The number of aliphatic carboxylic acids is 1. The summed E-state index contributed by atoms with van der Waals surface area (Å²) in [5, 5.41) is 8.22. The minimum absolute atomic E-state index is 0. The number of nitrogens with two attached hydrogens (primary N) is 2. The molecule has 0 aromatic rings. The summed E-state index contributed by atoms with van der Waals surface area (Å²) in [5.74, 6) is -1.64. The molecule has 1 amide bonds. The van der Waals surface area contributed by atoms with Crippen LogP contribution in [0.15, 0.2) is 0 Å². The quantitative estimate of drug-likeness (QED) is 0.523. The Kier molecular flexibility index (Phi) is 6.92. The van der Waals surface area contributed by atoms with Gasteiger partial charge < -0.3 is 16.6 Å². The molecule has 66 valence electrons. The molecule has 0 aromatic heterocycles. The van der Waals surface area contributed by atoms with Crippen molar-refractivity contribution < 1.29 is 14.7 Å². The van der Waals surface area contributed by atoms with Crippen molar-refractivity contribution in [3.05, 3.63) is 0 Å². The van der Waals surface area contributed by atoms with Crippen LogP contribution in [0.2, 0.25) is 0 Å². The first-order valence-electron chi connectivity index (χ1n) is 2.80. The summed E-state index contributed by atoms with van der Waals surface area (Å²) < 4.78 is 0. The van der Waals surface area contributed by atoms with Crippen LogP contribution in [0.5, 0.6) is 0 Å². The first kappa shape index (κ1) is 12.8. The summed E-state index contributed by atoms with van der Waals surface area (Å²) in [5.41, 5.74) is 9.81. The molecule has 0 aliphatic rings. The van der Waals surface area contributed by atoms with Crippen molar-refractivity contribution in [1.29, 1.82) is 0 Å². The van der Waals surface area contributed by atoms with E-state index >= 15 is 0 Å². The van der Waals surface area contributed by atoms with E-state index in [9.17, 15) is 9.59 Å². The van der Waals surface area contributed by atoms with Crippen molar-refractivity contribution in [1.82, 2.24) is 0 Å². The third-order valence-corrected chi connectivity index (χ3v) is 1.02. The van der Waals surface area contributed by atoms with E-state index < -0.39 is 17.9 Å². The van der Waals surface area contributed by atoms with Crippen LogP contribution in [0.4, 0.5) is 0 Å². The number of carboxylic acids is 1. The average Bonchev–Trinajstić information content (AvgIpc) is 1.82. The number of hydrogen-bond donors (Lipinski definition) is 3. The zero-order valence-corrected chi connectivity index (χ0v) is 6.63. The second-order valence-electron chi connectivity index (χ2n) is 1.95. The summed E-state index contributed by atoms with van der Waals surface area (Å²) in [6.07, 6.45) is 0.123. The van der Waals surface area contributed by atoms with Gasteiger partial charge in [0.25, 0.3) is 0 Å². The number of rotatable bonds is 4. The van der Waals surface area contributed by atoms with Gasteiger partial charge in [0, 0.05) is 6.42 Å². The van der Waals surface area contributed by atoms with Crippen molar-refractivity contribution in [2.75, 3.05) is 0 Å². The number of carbonyl (C=O) groups is 2. The van der Waals surface area contributed by atoms with Crippen molar-refractivity contribution in [2.24, 2.45) is 11.5 Å². The van der Waals surface area contributed by atoms with Gasteiger partial charge in [-0.1, -0.05) is 0 Å². The van der Waals surface area contributed by atoms with E-state index in [2.05, 4.69) is 0 Å². The highest BCUT2D eigenvalue weighted by Crippen LogP contribution is 1.92. The number of amides is 1. The maximum absolute atomic E-state index is 10.1. The highest BCUT2D eigenvalue weighted by atomic mass is 35.5. The monoisotopic (exact) mass is 182 g/mol. The van der Waals surface area contributed by atoms with E-state index in [-0.39, 0.29) is 25.2 Å². The molecule has 0 spiro atoms. The van der Waals surface area contributed by atoms with E-state index in [1.54, 1.807) is 0 Å². The van der Waals surface area contributed by atoms with Gasteiger partial charge in [0.2, 0.25) is 5.91 Å². The Bertz CT molecular complexity index is 151. The van der Waals surface area contributed by atoms with Crippen LogP contribution < -0.4 is 11.5 Å². The molecule has 0 radical (unpaired) electrons. The minimum atomic E-state index is -1.11. The Morgan fingerprint density at radius 1 is 1.45 bits per heavy atom. The Morgan fingerprint density at radius 3 is 2.18 bits per heavy atom. The minimum Gasteiger partial charge on any atom is -0.480 e. The molecule has 1 atom stereocenters. The van der Waals surface area contributed by atoms with Crippen LogP contribution >= 0.6 is 12.4 Å². The lowest BCUT2D eigenvalue weighted by Gasteiger charge is -2.01. The number of carbonyl (C=O) groups excluding carboxylic acids is 1. The predicted octanol–water partition coefficient (Wildman–Crippen LogP) is -0.914. The standard InChI is InChI=1S/C5H10N2O3.ClH/c6-3(5(9)10)1-2-4(7)8;/h3H,1-2,6H2,(H2,7,8)(H,9,10);1H. The Hall–Kier alpha value is -0.810. The van der Waals surface area contributed by atoms with Gasteiger partial charge in [0.15, 0.2) is 0 Å². The summed E-state index contributed by atoms with van der Waals surface area (Å²) >= 11 is 0. The van der Waals surface area contributed by atoms with Crippen molar-refractivity contribution in [2.45, 2.75) is 18.9 Å². The number of hydrogen-bond acceptors (Lipinski definition) is 3. The van der Waals surface area contributed by atoms with Gasteiger partial charge >= 0.3 is 5.97 Å². The smallest absolute Gasteiger partial charge is 0.320 e. The molecule has 5 nitrogen and oxygen atoms in total. The molecule has 0 rings (SSSR count). The van der Waals surface area contributed by atoms with Crippen LogP contribution in [0, 0.1) is 0 Å². The fourth-order valence-corrected chi connectivity index (χ4v) is 0.421. The first-order chi connectivity index (χ1) is 4.54. The van der Waals surface area contributed by atoms with E-state index in [4.69, 9.17) is 16.6 Å². The Balaban J connectivity index is 0. The zero-order chi connectivity index (χ0) is 8.15. The molecule has 11 heavy (non-hydrogen) atoms. The van der Waals surface area contributed by atoms with Gasteiger partial charge in [-0.05, 0) is 6.42 Å². The molecule has 0 bridgehead atoms. The van der Waals surface area contributed by atoms with Gasteiger partial charge in [-0.2, -0.15) is 0 Å². The fraction of sp³-hybridized carbons (Fsp3) is 0.600. The van der Waals surface area contributed by atoms with Crippen molar-refractivity contribution in [3.63, 3.8) is 0 Å². The summed E-state index contributed by atoms with van der Waals surface area (Å²) in [6, 6.07) is -0.979. The molecule has 0 saturated carbocycles. The number of primary amides is 1. The van der Waals surface area contributed by atoms with Crippen LogP contribution in [0.25, 0.3) is 0 Å². The maximum atomic E-state index is 10.1. The summed E-state index contributed by atoms with van der Waals surface area (Å²) in [6.45, 7) is 0. The predicted molar refractivity (Wildman–Crippen MR) is 41.3 cm³/mol. The van der Waals surface area contributed by atoms with Gasteiger partial charge in [-0.3, -0.25) is 9.59 Å². The molecular weight excluding hydrogens is 172 g/mol. The molecule has 0 saturated heterocycles. The van der Waals surface area contributed by atoms with Crippen LogP contribution in [-0.4, -0.2) is 23.0 Å². The van der Waals surface area contributed by atoms with Crippen LogP contribution in [-0.2, 0) is 9.59 Å². The van der Waals surface area contributed by atoms with Crippen LogP contribution in [0.1, 0.15) is 12.8 Å². The van der Waals surface area contributed by atoms with E-state index in [1.807, 2.05) is 0 Å². The highest BCUT2D eigenvalue weighted by molar-refractivity contribution is 5.85. The second-order valence-corrected chi connectivity index (χ2v) is 1.95. The summed E-state index contributed by atoms with van der Waals surface area (Å²) in [4.78, 5) is 20.1. The third kappa shape index (κ3) is 7.08. The largest absolute Gasteiger partial charge is 0.480 e. The molecule has 5 N–H and O–H groups in total. The normalized spacial score (nSPS) is 11.4. The van der Waals surface area contributed by atoms with E-state index in [0.29, 0.717) is 0 Å². The molecule has 0 aliphatic carbocycles. The Morgan fingerprint density at radius 2 is 1.91 bits per heavy atom. The topological polar surface area (TPSA) is 106 Å². The van der Waals surface area contributed by atoms with Crippen molar-refractivity contribution >= 4 is 24.3 Å². The number of halogens is 1. The summed E-state index contributed by atoms with van der Waals surface area (Å²) in [7, 11) is 0. The lowest BCUT2D eigenvalue weighted by atomic mass is 10.2. The van der Waals surface area contributed by atoms with Crippen LogP contribution in [0.3, 0.4) is 0 Å². The zero-order valence-electron chi connectivity index (χ0n) is 5.82. The van der Waals surface area contributed by atoms with Gasteiger partial charge in [0.05, 0.1) is 0 Å². The SMILES string of the molecule is Cl.NC(=O)CCC(N)C(=O)O. The first-order valence-corrected chi connectivity index (χ1v) is 2.80. The molecule has 0 aromatic carbocycles. The molecule has 6 heteroatoms. The molecule has 0 heterocycles. The van der Waals surface area contributed by atoms with Crippen molar-refractivity contribution in [3.8, 4) is 0 Å².